The van der Waals surface area contributed by atoms with E-state index in [0.29, 0.717) is 19.0 Å². The lowest BCUT2D eigenvalue weighted by atomic mass is 9.84. The van der Waals surface area contributed by atoms with Gasteiger partial charge in [-0.15, -0.1) is 0 Å². The molecule has 0 bridgehead atoms. The first-order valence-corrected chi connectivity index (χ1v) is 10.7. The maximum Gasteiger partial charge on any atom is 0.255 e. The summed E-state index contributed by atoms with van der Waals surface area (Å²) in [5.41, 5.74) is 2.84. The average molecular weight is 393 g/mol. The fourth-order valence-electron chi connectivity index (χ4n) is 4.68. The van der Waals surface area contributed by atoms with Crippen LogP contribution in [-0.4, -0.2) is 50.3 Å². The van der Waals surface area contributed by atoms with Crippen LogP contribution in [0.1, 0.15) is 54.2 Å². The van der Waals surface area contributed by atoms with Crippen LogP contribution in [0.4, 0.5) is 0 Å². The molecule has 3 aliphatic rings. The van der Waals surface area contributed by atoms with Gasteiger partial charge >= 0.3 is 0 Å². The molecular weight excluding hydrogens is 366 g/mol. The van der Waals surface area contributed by atoms with Crippen molar-refractivity contribution in [3.63, 3.8) is 0 Å². The Hall–Kier alpha value is -2.54. The molecule has 1 saturated carbocycles. The Bertz CT molecular complexity index is 953. The van der Waals surface area contributed by atoms with Gasteiger partial charge in [0.1, 0.15) is 5.82 Å². The highest BCUT2D eigenvalue weighted by molar-refractivity contribution is 5.80. The number of nitrogens with one attached hydrogen (secondary N) is 1. The summed E-state index contributed by atoms with van der Waals surface area (Å²) in [7, 11) is 0. The highest BCUT2D eigenvalue weighted by atomic mass is 16.2. The van der Waals surface area contributed by atoms with E-state index < -0.39 is 0 Å². The van der Waals surface area contributed by atoms with E-state index in [2.05, 4.69) is 20.9 Å². The van der Waals surface area contributed by atoms with E-state index >= 15 is 0 Å². The van der Waals surface area contributed by atoms with Gasteiger partial charge in [-0.2, -0.15) is 0 Å². The third-order valence-corrected chi connectivity index (χ3v) is 6.64. The number of aromatic nitrogens is 3. The van der Waals surface area contributed by atoms with Crippen LogP contribution in [0.5, 0.6) is 0 Å². The zero-order valence-electron chi connectivity index (χ0n) is 16.6. The van der Waals surface area contributed by atoms with Crippen LogP contribution in [-0.2, 0) is 24.3 Å². The molecule has 1 amide bonds. The van der Waals surface area contributed by atoms with Crippen LogP contribution < -0.4 is 5.56 Å². The first kappa shape index (κ1) is 18.5. The molecule has 2 aromatic rings. The van der Waals surface area contributed by atoms with Crippen molar-refractivity contribution in [2.75, 3.05) is 19.6 Å². The minimum Gasteiger partial charge on any atom is -0.342 e. The quantitative estimate of drug-likeness (QED) is 0.857. The lowest BCUT2D eigenvalue weighted by Crippen LogP contribution is -2.38. The van der Waals surface area contributed by atoms with Crippen LogP contribution in [0.15, 0.2) is 29.3 Å². The van der Waals surface area contributed by atoms with Crippen LogP contribution in [0, 0.1) is 5.92 Å². The van der Waals surface area contributed by atoms with Crippen LogP contribution >= 0.6 is 0 Å². The summed E-state index contributed by atoms with van der Waals surface area (Å²) in [5, 5.41) is 0. The fraction of sp³-hybridized carbons (Fsp3) is 0.545. The molecule has 2 aliphatic heterocycles. The number of hydrogen-bond acceptors (Lipinski definition) is 5. The van der Waals surface area contributed by atoms with Crippen LogP contribution in [0.2, 0.25) is 0 Å². The van der Waals surface area contributed by atoms with Gasteiger partial charge in [-0.25, -0.2) is 4.98 Å². The van der Waals surface area contributed by atoms with Crippen molar-refractivity contribution in [3.05, 3.63) is 57.5 Å². The van der Waals surface area contributed by atoms with E-state index in [1.807, 2.05) is 17.2 Å². The SMILES string of the molecule is O=C(C1CCC1)N1CC[C@@H](c2nc3c(c(=O)[nH]2)CN(Cc2cccnc2)CC3)C1. The lowest BCUT2D eigenvalue weighted by Gasteiger charge is -2.29. The van der Waals surface area contributed by atoms with E-state index in [9.17, 15) is 9.59 Å². The number of nitrogens with zero attached hydrogens (tertiary/aromatic N) is 4. The number of rotatable bonds is 4. The van der Waals surface area contributed by atoms with Gasteiger partial charge < -0.3 is 9.88 Å². The van der Waals surface area contributed by atoms with E-state index in [1.54, 1.807) is 6.20 Å². The molecule has 4 heterocycles. The van der Waals surface area contributed by atoms with Gasteiger partial charge in [-0.1, -0.05) is 12.5 Å². The Kier molecular flexibility index (Phi) is 4.91. The Balaban J connectivity index is 1.28. The number of aromatic amines is 1. The Morgan fingerprint density at radius 3 is 2.90 bits per heavy atom. The van der Waals surface area contributed by atoms with E-state index in [4.69, 9.17) is 4.98 Å². The van der Waals surface area contributed by atoms with Crippen molar-refractivity contribution in [3.8, 4) is 0 Å². The molecule has 5 rings (SSSR count). The highest BCUT2D eigenvalue weighted by Crippen LogP contribution is 2.32. The Morgan fingerprint density at radius 1 is 1.24 bits per heavy atom. The molecule has 0 aromatic carbocycles. The van der Waals surface area contributed by atoms with Crippen molar-refractivity contribution in [2.45, 2.75) is 51.1 Å². The monoisotopic (exact) mass is 393 g/mol. The number of carbonyl (C=O) groups is 1. The van der Waals surface area contributed by atoms with Gasteiger partial charge in [-0.3, -0.25) is 19.5 Å². The predicted molar refractivity (Wildman–Crippen MR) is 108 cm³/mol. The van der Waals surface area contributed by atoms with Gasteiger partial charge in [0.25, 0.3) is 5.56 Å². The van der Waals surface area contributed by atoms with Gasteiger partial charge in [0.15, 0.2) is 0 Å². The molecule has 1 N–H and O–H groups in total. The summed E-state index contributed by atoms with van der Waals surface area (Å²) in [5.74, 6) is 1.43. The van der Waals surface area contributed by atoms with Crippen molar-refractivity contribution in [1.29, 1.82) is 0 Å². The van der Waals surface area contributed by atoms with Gasteiger partial charge in [0.2, 0.25) is 5.91 Å². The third kappa shape index (κ3) is 3.71. The van der Waals surface area contributed by atoms with Gasteiger partial charge in [0, 0.05) is 63.4 Å². The molecule has 2 aromatic heterocycles. The summed E-state index contributed by atoms with van der Waals surface area (Å²) >= 11 is 0. The molecule has 2 fully saturated rings. The van der Waals surface area contributed by atoms with Crippen molar-refractivity contribution >= 4 is 5.91 Å². The molecule has 0 spiro atoms. The topological polar surface area (TPSA) is 82.2 Å². The van der Waals surface area contributed by atoms with Crippen molar-refractivity contribution in [2.24, 2.45) is 5.92 Å². The zero-order chi connectivity index (χ0) is 19.8. The fourth-order valence-corrected chi connectivity index (χ4v) is 4.68. The maximum atomic E-state index is 12.8. The summed E-state index contributed by atoms with van der Waals surface area (Å²) in [6, 6.07) is 4.00. The van der Waals surface area contributed by atoms with Crippen molar-refractivity contribution < 1.29 is 4.79 Å². The highest BCUT2D eigenvalue weighted by Gasteiger charge is 2.35. The predicted octanol–water partition coefficient (Wildman–Crippen LogP) is 1.84. The summed E-state index contributed by atoms with van der Waals surface area (Å²) in [4.78, 5) is 41.6. The van der Waals surface area contributed by atoms with Crippen molar-refractivity contribution in [1.82, 2.24) is 24.8 Å². The van der Waals surface area contributed by atoms with Crippen LogP contribution in [0.3, 0.4) is 0 Å². The van der Waals surface area contributed by atoms with Gasteiger partial charge in [-0.05, 0) is 30.9 Å². The molecule has 0 radical (unpaired) electrons. The molecule has 152 valence electrons. The number of likely N-dealkylation sites (tertiary alicyclic amines) is 1. The second-order valence-corrected chi connectivity index (χ2v) is 8.60. The first-order valence-electron chi connectivity index (χ1n) is 10.7. The number of pyridine rings is 1. The maximum absolute atomic E-state index is 12.8. The largest absolute Gasteiger partial charge is 0.342 e. The average Bonchev–Trinajstić information content (AvgIpc) is 3.18. The summed E-state index contributed by atoms with van der Waals surface area (Å²) in [6.07, 6.45) is 8.54. The molecule has 7 heteroatoms. The normalized spacial score (nSPS) is 22.3. The van der Waals surface area contributed by atoms with E-state index in [0.717, 1.165) is 68.0 Å². The minimum absolute atomic E-state index is 0.0235. The number of fused-ring (bicyclic) bond motifs is 1. The third-order valence-electron chi connectivity index (χ3n) is 6.64. The molecular formula is C22H27N5O2. The first-order chi connectivity index (χ1) is 14.2. The van der Waals surface area contributed by atoms with Gasteiger partial charge in [0.05, 0.1) is 11.3 Å². The summed E-state index contributed by atoms with van der Waals surface area (Å²) in [6.45, 7) is 3.75. The lowest BCUT2D eigenvalue weighted by molar-refractivity contribution is -0.137. The van der Waals surface area contributed by atoms with Crippen LogP contribution in [0.25, 0.3) is 0 Å². The Morgan fingerprint density at radius 2 is 2.14 bits per heavy atom. The molecule has 0 unspecified atom stereocenters. The van der Waals surface area contributed by atoms with E-state index in [-0.39, 0.29) is 17.4 Å². The molecule has 1 aliphatic carbocycles. The standard InChI is InChI=1S/C22H27N5O2/c28-21-18-14-26(12-15-3-2-8-23-11-15)9-7-19(18)24-20(25-21)17-6-10-27(13-17)22(29)16-4-1-5-16/h2-3,8,11,16-17H,1,4-7,9-10,12-14H2,(H,24,25,28)/t17-/m1/s1. The molecule has 7 nitrogen and oxygen atoms in total. The minimum atomic E-state index is -0.0235. The second-order valence-electron chi connectivity index (χ2n) is 8.60. The number of amides is 1. The smallest absolute Gasteiger partial charge is 0.255 e. The zero-order valence-corrected chi connectivity index (χ0v) is 16.6. The second kappa shape index (κ2) is 7.71. The summed E-state index contributed by atoms with van der Waals surface area (Å²) < 4.78 is 0. The number of H-pyrrole nitrogens is 1. The number of carbonyl (C=O) groups excluding carboxylic acids is 1. The molecule has 1 saturated heterocycles. The number of hydrogen-bond donors (Lipinski definition) is 1. The van der Waals surface area contributed by atoms with E-state index in [1.165, 1.54) is 6.42 Å². The molecule has 29 heavy (non-hydrogen) atoms. The molecule has 1 atom stereocenters. The Labute approximate surface area is 170 Å².